The van der Waals surface area contributed by atoms with Crippen molar-refractivity contribution in [3.8, 4) is 0 Å². The van der Waals surface area contributed by atoms with E-state index in [1.807, 2.05) is 0 Å². The van der Waals surface area contributed by atoms with Gasteiger partial charge >= 0.3 is 0 Å². The fourth-order valence-corrected chi connectivity index (χ4v) is 1.08. The Bertz CT molecular complexity index is 118. The summed E-state index contributed by atoms with van der Waals surface area (Å²) < 4.78 is 5.26. The standard InChI is InChI=1S/C9H16O/c1-3-4-5-6-7-9-8(2)10-9/h4-5,8-9H,3,6-7H2,1-2H3. The number of ether oxygens (including phenoxy) is 1. The third-order valence-corrected chi connectivity index (χ3v) is 1.86. The van der Waals surface area contributed by atoms with E-state index in [1.54, 1.807) is 0 Å². The molecule has 1 rings (SSSR count). The Kier molecular flexibility index (Phi) is 2.94. The minimum atomic E-state index is 0.537. The Labute approximate surface area is 63.1 Å². The largest absolute Gasteiger partial charge is 0.370 e. The first-order valence-electron chi connectivity index (χ1n) is 4.15. The third-order valence-electron chi connectivity index (χ3n) is 1.86. The van der Waals surface area contributed by atoms with Crippen LogP contribution < -0.4 is 0 Å². The summed E-state index contributed by atoms with van der Waals surface area (Å²) in [6.45, 7) is 4.29. The van der Waals surface area contributed by atoms with Gasteiger partial charge in [-0.15, -0.1) is 0 Å². The summed E-state index contributed by atoms with van der Waals surface area (Å²) in [5.41, 5.74) is 0. The van der Waals surface area contributed by atoms with E-state index in [1.165, 1.54) is 12.8 Å². The van der Waals surface area contributed by atoms with Crippen LogP contribution in [0.2, 0.25) is 0 Å². The number of allylic oxidation sites excluding steroid dienone is 2. The number of epoxide rings is 1. The minimum Gasteiger partial charge on any atom is -0.370 e. The van der Waals surface area contributed by atoms with Crippen LogP contribution in [0.3, 0.4) is 0 Å². The molecule has 1 heterocycles. The lowest BCUT2D eigenvalue weighted by Crippen LogP contribution is -1.86. The normalized spacial score (nSPS) is 31.4. The van der Waals surface area contributed by atoms with Crippen LogP contribution in [-0.2, 0) is 4.74 Å². The van der Waals surface area contributed by atoms with Gasteiger partial charge in [-0.05, 0) is 26.2 Å². The van der Waals surface area contributed by atoms with E-state index in [0.717, 1.165) is 6.42 Å². The highest BCUT2D eigenvalue weighted by molar-refractivity contribution is 4.86. The third kappa shape index (κ3) is 2.53. The monoisotopic (exact) mass is 140 g/mol. The maximum Gasteiger partial charge on any atom is 0.0842 e. The molecule has 0 amide bonds. The van der Waals surface area contributed by atoms with E-state index < -0.39 is 0 Å². The molecule has 1 aliphatic rings. The smallest absolute Gasteiger partial charge is 0.0842 e. The maximum absolute atomic E-state index is 5.26. The topological polar surface area (TPSA) is 12.5 Å². The molecule has 0 aromatic carbocycles. The van der Waals surface area contributed by atoms with Gasteiger partial charge in [-0.2, -0.15) is 0 Å². The molecule has 1 nitrogen and oxygen atoms in total. The van der Waals surface area contributed by atoms with Crippen molar-refractivity contribution in [3.05, 3.63) is 12.2 Å². The molecule has 0 spiro atoms. The fraction of sp³-hybridized carbons (Fsp3) is 0.778. The molecule has 1 aliphatic heterocycles. The zero-order valence-corrected chi connectivity index (χ0v) is 6.84. The molecule has 58 valence electrons. The predicted octanol–water partition coefficient (Wildman–Crippen LogP) is 2.52. The van der Waals surface area contributed by atoms with Crippen LogP contribution in [0.15, 0.2) is 12.2 Å². The van der Waals surface area contributed by atoms with Gasteiger partial charge in [0.15, 0.2) is 0 Å². The average molecular weight is 140 g/mol. The number of rotatable bonds is 4. The molecule has 2 unspecified atom stereocenters. The lowest BCUT2D eigenvalue weighted by molar-refractivity contribution is 0.371. The molecule has 1 saturated heterocycles. The number of hydrogen-bond acceptors (Lipinski definition) is 1. The fourth-order valence-electron chi connectivity index (χ4n) is 1.08. The highest BCUT2D eigenvalue weighted by atomic mass is 16.6. The first-order chi connectivity index (χ1) is 4.84. The highest BCUT2D eigenvalue weighted by Crippen LogP contribution is 2.25. The van der Waals surface area contributed by atoms with Gasteiger partial charge in [0, 0.05) is 0 Å². The van der Waals surface area contributed by atoms with E-state index in [2.05, 4.69) is 26.0 Å². The summed E-state index contributed by atoms with van der Waals surface area (Å²) in [7, 11) is 0. The van der Waals surface area contributed by atoms with Gasteiger partial charge in [0.05, 0.1) is 12.2 Å². The van der Waals surface area contributed by atoms with Gasteiger partial charge in [0.1, 0.15) is 0 Å². The Morgan fingerprint density at radius 2 is 2.10 bits per heavy atom. The van der Waals surface area contributed by atoms with Crippen LogP contribution >= 0.6 is 0 Å². The molecule has 0 saturated carbocycles. The molecule has 10 heavy (non-hydrogen) atoms. The van der Waals surface area contributed by atoms with Gasteiger partial charge < -0.3 is 4.74 Å². The highest BCUT2D eigenvalue weighted by Gasteiger charge is 2.32. The van der Waals surface area contributed by atoms with Crippen LogP contribution in [-0.4, -0.2) is 12.2 Å². The zero-order chi connectivity index (χ0) is 7.40. The van der Waals surface area contributed by atoms with Crippen molar-refractivity contribution in [1.82, 2.24) is 0 Å². The van der Waals surface area contributed by atoms with E-state index >= 15 is 0 Å². The summed E-state index contributed by atoms with van der Waals surface area (Å²) in [4.78, 5) is 0. The second-order valence-corrected chi connectivity index (χ2v) is 2.84. The minimum absolute atomic E-state index is 0.537. The van der Waals surface area contributed by atoms with Crippen molar-refractivity contribution in [2.45, 2.75) is 45.3 Å². The quantitative estimate of drug-likeness (QED) is 0.432. The van der Waals surface area contributed by atoms with Crippen molar-refractivity contribution in [3.63, 3.8) is 0 Å². The summed E-state index contributed by atoms with van der Waals surface area (Å²) in [5.74, 6) is 0. The molecule has 0 aromatic rings. The van der Waals surface area contributed by atoms with E-state index in [-0.39, 0.29) is 0 Å². The van der Waals surface area contributed by atoms with Gasteiger partial charge in [0.25, 0.3) is 0 Å². The lowest BCUT2D eigenvalue weighted by Gasteiger charge is -1.86. The molecular weight excluding hydrogens is 124 g/mol. The van der Waals surface area contributed by atoms with Crippen LogP contribution in [0, 0.1) is 0 Å². The Balaban J connectivity index is 1.91. The van der Waals surface area contributed by atoms with E-state index in [4.69, 9.17) is 4.74 Å². The second-order valence-electron chi connectivity index (χ2n) is 2.84. The Hall–Kier alpha value is -0.300. The first-order valence-corrected chi connectivity index (χ1v) is 4.15. The van der Waals surface area contributed by atoms with Gasteiger partial charge in [-0.1, -0.05) is 19.1 Å². The Morgan fingerprint density at radius 1 is 1.40 bits per heavy atom. The molecule has 0 aliphatic carbocycles. The number of hydrogen-bond donors (Lipinski definition) is 0. The van der Waals surface area contributed by atoms with E-state index in [9.17, 15) is 0 Å². The maximum atomic E-state index is 5.26. The first kappa shape index (κ1) is 7.80. The van der Waals surface area contributed by atoms with Crippen molar-refractivity contribution >= 4 is 0 Å². The van der Waals surface area contributed by atoms with Crippen molar-refractivity contribution in [1.29, 1.82) is 0 Å². The van der Waals surface area contributed by atoms with Gasteiger partial charge in [0.2, 0.25) is 0 Å². The van der Waals surface area contributed by atoms with E-state index in [0.29, 0.717) is 12.2 Å². The molecule has 0 radical (unpaired) electrons. The van der Waals surface area contributed by atoms with Crippen LogP contribution in [0.4, 0.5) is 0 Å². The second kappa shape index (κ2) is 3.77. The van der Waals surface area contributed by atoms with Crippen LogP contribution in [0.25, 0.3) is 0 Å². The van der Waals surface area contributed by atoms with Crippen LogP contribution in [0.1, 0.15) is 33.1 Å². The zero-order valence-electron chi connectivity index (χ0n) is 6.84. The van der Waals surface area contributed by atoms with Gasteiger partial charge in [-0.25, -0.2) is 0 Å². The van der Waals surface area contributed by atoms with Gasteiger partial charge in [-0.3, -0.25) is 0 Å². The molecule has 2 atom stereocenters. The molecule has 0 aromatic heterocycles. The summed E-state index contributed by atoms with van der Waals surface area (Å²) in [6, 6.07) is 0. The predicted molar refractivity (Wildman–Crippen MR) is 43.0 cm³/mol. The average Bonchev–Trinajstić information content (AvgIpc) is 2.60. The summed E-state index contributed by atoms with van der Waals surface area (Å²) in [6.07, 6.45) is 9.11. The molecular formula is C9H16O. The molecule has 0 N–H and O–H groups in total. The molecule has 1 heteroatoms. The molecule has 0 bridgehead atoms. The van der Waals surface area contributed by atoms with Crippen molar-refractivity contribution in [2.75, 3.05) is 0 Å². The summed E-state index contributed by atoms with van der Waals surface area (Å²) >= 11 is 0. The SMILES string of the molecule is CCC=CCCC1OC1C. The molecule has 1 fully saturated rings. The summed E-state index contributed by atoms with van der Waals surface area (Å²) in [5, 5.41) is 0. The van der Waals surface area contributed by atoms with Crippen molar-refractivity contribution in [2.24, 2.45) is 0 Å². The van der Waals surface area contributed by atoms with Crippen molar-refractivity contribution < 1.29 is 4.74 Å². The lowest BCUT2D eigenvalue weighted by atomic mass is 10.2. The Morgan fingerprint density at radius 3 is 2.60 bits per heavy atom. The van der Waals surface area contributed by atoms with Crippen LogP contribution in [0.5, 0.6) is 0 Å².